The molecule has 1 saturated carbocycles. The normalized spacial score (nSPS) is 28.7. The van der Waals surface area contributed by atoms with Crippen LogP contribution in [0.15, 0.2) is 29.8 Å². The Morgan fingerprint density at radius 1 is 1.08 bits per heavy atom. The van der Waals surface area contributed by atoms with E-state index in [2.05, 4.69) is 0 Å². The maximum Gasteiger partial charge on any atom is 0.341 e. The Bertz CT molecular complexity index is 682. The molecule has 2 fully saturated rings. The van der Waals surface area contributed by atoms with Gasteiger partial charge in [0.15, 0.2) is 0 Å². The second-order valence-electron chi connectivity index (χ2n) is 7.44. The van der Waals surface area contributed by atoms with Crippen molar-refractivity contribution in [3.05, 3.63) is 35.4 Å². The minimum atomic E-state index is -0.894. The van der Waals surface area contributed by atoms with Crippen molar-refractivity contribution >= 4 is 11.5 Å². The Hall–Kier alpha value is -1.81. The predicted molar refractivity (Wildman–Crippen MR) is 90.5 cm³/mol. The van der Waals surface area contributed by atoms with Gasteiger partial charge in [-0.05, 0) is 42.4 Å². The SMILES string of the molecule is COc1ccc(C2=C3CC4(CCCCC4)COC3(C)OC2=O)cc1. The third kappa shape index (κ3) is 2.44. The zero-order chi connectivity index (χ0) is 16.8. The third-order valence-electron chi connectivity index (χ3n) is 5.84. The molecule has 4 heteroatoms. The van der Waals surface area contributed by atoms with Crippen LogP contribution in [0.25, 0.3) is 5.57 Å². The second kappa shape index (κ2) is 5.62. The number of methoxy groups -OCH3 is 1. The first-order valence-corrected chi connectivity index (χ1v) is 8.81. The minimum absolute atomic E-state index is 0.179. The van der Waals surface area contributed by atoms with E-state index >= 15 is 0 Å². The standard InChI is InChI=1S/C20H24O4/c1-19-16(12-20(13-23-19)10-4-3-5-11-20)17(18(21)24-19)14-6-8-15(22-2)9-7-14/h6-9H,3-5,10-13H2,1-2H3. The molecule has 4 nitrogen and oxygen atoms in total. The van der Waals surface area contributed by atoms with Gasteiger partial charge in [-0.2, -0.15) is 0 Å². The van der Waals surface area contributed by atoms with Gasteiger partial charge in [0, 0.05) is 12.5 Å². The summed E-state index contributed by atoms with van der Waals surface area (Å²) >= 11 is 0. The number of hydrogen-bond acceptors (Lipinski definition) is 4. The largest absolute Gasteiger partial charge is 0.497 e. The van der Waals surface area contributed by atoms with Crippen molar-refractivity contribution in [3.8, 4) is 5.75 Å². The van der Waals surface area contributed by atoms with Crippen LogP contribution in [0.2, 0.25) is 0 Å². The van der Waals surface area contributed by atoms with Crippen LogP contribution in [0.5, 0.6) is 5.75 Å². The van der Waals surface area contributed by atoms with E-state index in [0.717, 1.165) is 23.3 Å². The van der Waals surface area contributed by atoms with Crippen molar-refractivity contribution in [1.82, 2.24) is 0 Å². The van der Waals surface area contributed by atoms with Crippen LogP contribution in [-0.4, -0.2) is 25.5 Å². The summed E-state index contributed by atoms with van der Waals surface area (Å²) < 4.78 is 17.0. The van der Waals surface area contributed by atoms with Crippen LogP contribution < -0.4 is 4.74 Å². The van der Waals surface area contributed by atoms with Crippen LogP contribution in [0.3, 0.4) is 0 Å². The molecular weight excluding hydrogens is 304 g/mol. The van der Waals surface area contributed by atoms with Gasteiger partial charge in [-0.25, -0.2) is 4.79 Å². The van der Waals surface area contributed by atoms with Crippen LogP contribution in [0.4, 0.5) is 0 Å². The van der Waals surface area contributed by atoms with Crippen molar-refractivity contribution in [2.75, 3.05) is 13.7 Å². The highest BCUT2D eigenvalue weighted by molar-refractivity contribution is 6.20. The quantitative estimate of drug-likeness (QED) is 0.767. The topological polar surface area (TPSA) is 44.8 Å². The van der Waals surface area contributed by atoms with Crippen molar-refractivity contribution < 1.29 is 19.0 Å². The fourth-order valence-corrected chi connectivity index (χ4v) is 4.39. The zero-order valence-corrected chi connectivity index (χ0v) is 14.4. The molecule has 3 aliphatic rings. The molecule has 1 aromatic rings. The van der Waals surface area contributed by atoms with Crippen LogP contribution in [0, 0.1) is 5.41 Å². The van der Waals surface area contributed by atoms with E-state index in [1.165, 1.54) is 32.1 Å². The maximum atomic E-state index is 12.6. The summed E-state index contributed by atoms with van der Waals surface area (Å²) in [6, 6.07) is 7.62. The molecular formula is C20H24O4. The minimum Gasteiger partial charge on any atom is -0.497 e. The molecule has 128 valence electrons. The summed E-state index contributed by atoms with van der Waals surface area (Å²) in [5, 5.41) is 0. The Kier molecular flexibility index (Phi) is 3.68. The van der Waals surface area contributed by atoms with Gasteiger partial charge in [-0.1, -0.05) is 31.4 Å². The average Bonchev–Trinajstić information content (AvgIpc) is 2.86. The first-order valence-electron chi connectivity index (χ1n) is 8.81. The lowest BCUT2D eigenvalue weighted by Crippen LogP contribution is -2.45. The van der Waals surface area contributed by atoms with Gasteiger partial charge in [0.2, 0.25) is 5.79 Å². The maximum absolute atomic E-state index is 12.6. The molecule has 0 bridgehead atoms. The highest BCUT2D eigenvalue weighted by Crippen LogP contribution is 2.53. The first kappa shape index (κ1) is 15.7. The number of fused-ring (bicyclic) bond motifs is 1. The van der Waals surface area contributed by atoms with E-state index in [0.29, 0.717) is 12.2 Å². The Morgan fingerprint density at radius 3 is 2.46 bits per heavy atom. The Morgan fingerprint density at radius 2 is 1.79 bits per heavy atom. The van der Waals surface area contributed by atoms with Gasteiger partial charge in [-0.15, -0.1) is 0 Å². The van der Waals surface area contributed by atoms with Crippen LogP contribution in [-0.2, 0) is 14.3 Å². The molecule has 0 amide bonds. The molecule has 1 spiro atoms. The fourth-order valence-electron chi connectivity index (χ4n) is 4.39. The number of carbonyl (C=O) groups is 1. The lowest BCUT2D eigenvalue weighted by Gasteiger charge is -2.45. The highest BCUT2D eigenvalue weighted by atomic mass is 16.7. The van der Waals surface area contributed by atoms with E-state index in [1.807, 2.05) is 31.2 Å². The number of ether oxygens (including phenoxy) is 3. The number of benzene rings is 1. The van der Waals surface area contributed by atoms with Crippen molar-refractivity contribution in [3.63, 3.8) is 0 Å². The van der Waals surface area contributed by atoms with Crippen molar-refractivity contribution in [1.29, 1.82) is 0 Å². The van der Waals surface area contributed by atoms with E-state index in [-0.39, 0.29) is 11.4 Å². The second-order valence-corrected chi connectivity index (χ2v) is 7.44. The first-order chi connectivity index (χ1) is 11.6. The number of rotatable bonds is 2. The van der Waals surface area contributed by atoms with Crippen molar-refractivity contribution in [2.45, 2.75) is 51.2 Å². The van der Waals surface area contributed by atoms with E-state index in [1.54, 1.807) is 7.11 Å². The van der Waals surface area contributed by atoms with Crippen molar-refractivity contribution in [2.24, 2.45) is 5.41 Å². The molecule has 1 unspecified atom stereocenters. The fraction of sp³-hybridized carbons (Fsp3) is 0.550. The summed E-state index contributed by atoms with van der Waals surface area (Å²) in [4.78, 5) is 12.6. The average molecular weight is 328 g/mol. The molecule has 1 atom stereocenters. The van der Waals surface area contributed by atoms with E-state index in [4.69, 9.17) is 14.2 Å². The number of hydrogen-bond donors (Lipinski definition) is 0. The monoisotopic (exact) mass is 328 g/mol. The predicted octanol–water partition coefficient (Wildman–Crippen LogP) is 4.09. The van der Waals surface area contributed by atoms with Crippen LogP contribution >= 0.6 is 0 Å². The molecule has 0 radical (unpaired) electrons. The smallest absolute Gasteiger partial charge is 0.341 e. The number of esters is 1. The summed E-state index contributed by atoms with van der Waals surface area (Å²) in [6.07, 6.45) is 7.06. The van der Waals surface area contributed by atoms with Gasteiger partial charge in [0.25, 0.3) is 0 Å². The van der Waals surface area contributed by atoms with Gasteiger partial charge in [0.1, 0.15) is 5.75 Å². The number of carbonyl (C=O) groups excluding carboxylic acids is 1. The molecule has 2 heterocycles. The Balaban J connectivity index is 1.75. The molecule has 0 aromatic heterocycles. The summed E-state index contributed by atoms with van der Waals surface area (Å²) in [6.45, 7) is 2.57. The molecule has 24 heavy (non-hydrogen) atoms. The molecule has 1 saturated heterocycles. The van der Waals surface area contributed by atoms with Gasteiger partial charge in [-0.3, -0.25) is 0 Å². The molecule has 1 aromatic carbocycles. The summed E-state index contributed by atoms with van der Waals surface area (Å²) in [7, 11) is 1.64. The zero-order valence-electron chi connectivity index (χ0n) is 14.4. The molecule has 0 N–H and O–H groups in total. The lowest BCUT2D eigenvalue weighted by molar-refractivity contribution is -0.221. The molecule has 4 rings (SSSR count). The van der Waals surface area contributed by atoms with Gasteiger partial charge in [0.05, 0.1) is 19.3 Å². The Labute approximate surface area is 142 Å². The van der Waals surface area contributed by atoms with Gasteiger partial charge >= 0.3 is 5.97 Å². The molecule has 2 aliphatic heterocycles. The van der Waals surface area contributed by atoms with Gasteiger partial charge < -0.3 is 14.2 Å². The summed E-state index contributed by atoms with van der Waals surface area (Å²) in [5.41, 5.74) is 2.77. The molecule has 1 aliphatic carbocycles. The van der Waals surface area contributed by atoms with E-state index in [9.17, 15) is 4.79 Å². The third-order valence-corrected chi connectivity index (χ3v) is 5.84. The highest BCUT2D eigenvalue weighted by Gasteiger charge is 2.53. The van der Waals surface area contributed by atoms with E-state index < -0.39 is 5.79 Å². The summed E-state index contributed by atoms with van der Waals surface area (Å²) in [5.74, 6) is -0.387. The van der Waals surface area contributed by atoms with Crippen LogP contribution in [0.1, 0.15) is 51.0 Å². The lowest BCUT2D eigenvalue weighted by atomic mass is 9.68.